The number of piperidine rings is 1. The number of nitrogens with zero attached hydrogens (tertiary/aromatic N) is 1. The van der Waals surface area contributed by atoms with Gasteiger partial charge in [-0.25, -0.2) is 0 Å². The number of hydrogen-bond acceptors (Lipinski definition) is 6. The van der Waals surface area contributed by atoms with Crippen molar-refractivity contribution in [1.82, 2.24) is 4.90 Å². The molecule has 2 bridgehead atoms. The molecule has 4 aliphatic rings. The fraction of sp³-hybridized carbons (Fsp3) is 0.550. The largest absolute Gasteiger partial charge is 0.493 e. The van der Waals surface area contributed by atoms with Crippen LogP contribution in [0, 0.1) is 0 Å². The predicted molar refractivity (Wildman–Crippen MR) is 100 cm³/mol. The molecule has 146 valence electrons. The minimum atomic E-state index is -0.959. The molecule has 0 radical (unpaired) electrons. The summed E-state index contributed by atoms with van der Waals surface area (Å²) in [7, 11) is 3.69. The maximum Gasteiger partial charge on any atom is 0.307 e. The van der Waals surface area contributed by atoms with Crippen LogP contribution >= 0.6 is 12.4 Å². The van der Waals surface area contributed by atoms with Crippen molar-refractivity contribution in [3.63, 3.8) is 0 Å². The van der Waals surface area contributed by atoms with E-state index in [4.69, 9.17) is 14.2 Å². The Balaban J connectivity index is 0.00000180. The lowest BCUT2D eigenvalue weighted by Crippen LogP contribution is -2.74. The third-order valence-corrected chi connectivity index (χ3v) is 6.82. The Morgan fingerprint density at radius 3 is 2.89 bits per heavy atom. The Bertz CT molecular complexity index is 855. The molecule has 2 aliphatic carbocycles. The summed E-state index contributed by atoms with van der Waals surface area (Å²) in [6, 6.07) is 4.02. The molecule has 2 aliphatic heterocycles. The number of halogens is 1. The Morgan fingerprint density at radius 2 is 2.19 bits per heavy atom. The van der Waals surface area contributed by atoms with Gasteiger partial charge in [-0.2, -0.15) is 0 Å². The number of aliphatic hydroxyl groups is 1. The summed E-state index contributed by atoms with van der Waals surface area (Å²) in [5.41, 5.74) is 0.667. The van der Waals surface area contributed by atoms with E-state index in [0.29, 0.717) is 23.7 Å². The molecule has 1 saturated heterocycles. The van der Waals surface area contributed by atoms with Gasteiger partial charge in [-0.15, -0.1) is 12.4 Å². The van der Waals surface area contributed by atoms with Gasteiger partial charge in [0.05, 0.1) is 18.1 Å². The van der Waals surface area contributed by atoms with E-state index in [0.717, 1.165) is 24.9 Å². The molecule has 6 nitrogen and oxygen atoms in total. The molecule has 7 heteroatoms. The molecular weight excluding hydrogens is 370 g/mol. The number of esters is 1. The number of carbonyl (C=O) groups is 1. The first-order valence-electron chi connectivity index (χ1n) is 9.10. The van der Waals surface area contributed by atoms with E-state index in [1.165, 1.54) is 12.5 Å². The van der Waals surface area contributed by atoms with E-state index < -0.39 is 17.1 Å². The molecule has 0 amide bonds. The number of ether oxygens (including phenoxy) is 3. The highest BCUT2D eigenvalue weighted by atomic mass is 35.5. The molecular formula is C20H24ClNO5. The van der Waals surface area contributed by atoms with Crippen LogP contribution in [0.25, 0.3) is 0 Å². The third-order valence-electron chi connectivity index (χ3n) is 6.82. The highest BCUT2D eigenvalue weighted by Gasteiger charge is 2.72. The van der Waals surface area contributed by atoms with Crippen LogP contribution in [-0.2, 0) is 21.4 Å². The van der Waals surface area contributed by atoms with Gasteiger partial charge in [0.15, 0.2) is 17.6 Å². The minimum absolute atomic E-state index is 0. The fourth-order valence-electron chi connectivity index (χ4n) is 5.75. The van der Waals surface area contributed by atoms with Crippen molar-refractivity contribution in [2.75, 3.05) is 20.7 Å². The van der Waals surface area contributed by atoms with Gasteiger partial charge < -0.3 is 24.2 Å². The lowest BCUT2D eigenvalue weighted by molar-refractivity contribution is -0.168. The maximum absolute atomic E-state index is 12.0. The molecule has 1 unspecified atom stereocenters. The monoisotopic (exact) mass is 393 g/mol. The molecule has 2 heterocycles. The van der Waals surface area contributed by atoms with E-state index in [1.54, 1.807) is 7.11 Å². The van der Waals surface area contributed by atoms with Crippen LogP contribution in [0.2, 0.25) is 0 Å². The summed E-state index contributed by atoms with van der Waals surface area (Å²) in [5.74, 6) is 1.49. The van der Waals surface area contributed by atoms with Crippen molar-refractivity contribution < 1.29 is 24.1 Å². The van der Waals surface area contributed by atoms with Crippen molar-refractivity contribution in [1.29, 1.82) is 0 Å². The zero-order chi connectivity index (χ0) is 18.3. The van der Waals surface area contributed by atoms with Gasteiger partial charge in [-0.3, -0.25) is 4.79 Å². The molecule has 27 heavy (non-hydrogen) atoms. The number of likely N-dealkylation sites (N-methyl/N-ethyl adjacent to an activating group) is 1. The van der Waals surface area contributed by atoms with Crippen LogP contribution in [-0.4, -0.2) is 54.4 Å². The summed E-state index contributed by atoms with van der Waals surface area (Å²) >= 11 is 0. The normalized spacial score (nSPS) is 35.3. The zero-order valence-corrected chi connectivity index (χ0v) is 16.5. The number of likely N-dealkylation sites (tertiary alicyclic amines) is 1. The van der Waals surface area contributed by atoms with Gasteiger partial charge >= 0.3 is 5.97 Å². The maximum atomic E-state index is 12.0. The Morgan fingerprint density at radius 1 is 1.41 bits per heavy atom. The van der Waals surface area contributed by atoms with E-state index in [-0.39, 0.29) is 24.4 Å². The van der Waals surface area contributed by atoms with Crippen LogP contribution in [0.15, 0.2) is 24.0 Å². The zero-order valence-electron chi connectivity index (χ0n) is 15.7. The minimum Gasteiger partial charge on any atom is -0.493 e. The van der Waals surface area contributed by atoms with E-state index in [1.807, 2.05) is 12.1 Å². The third kappa shape index (κ3) is 2.06. The lowest BCUT2D eigenvalue weighted by Gasteiger charge is -2.61. The highest BCUT2D eigenvalue weighted by Crippen LogP contribution is 2.65. The Labute approximate surface area is 164 Å². The van der Waals surface area contributed by atoms with Crippen LogP contribution in [0.3, 0.4) is 0 Å². The molecule has 5 rings (SSSR count). The SMILES string of the molecule is COc1ccc2c3c1OC1C(OC(C)=O)=CC[C@@]4(O)[C@@H](C2)N(C)CC[C@]314.Cl. The summed E-state index contributed by atoms with van der Waals surface area (Å²) in [6.07, 6.45) is 3.29. The average Bonchev–Trinajstić information content (AvgIpc) is 2.95. The molecule has 1 spiro atoms. The van der Waals surface area contributed by atoms with Gasteiger partial charge in [0, 0.05) is 24.9 Å². The number of methoxy groups -OCH3 is 1. The van der Waals surface area contributed by atoms with Crippen LogP contribution < -0.4 is 9.47 Å². The first-order valence-corrected chi connectivity index (χ1v) is 9.10. The first kappa shape index (κ1) is 18.6. The van der Waals surface area contributed by atoms with Crippen LogP contribution in [0.5, 0.6) is 11.5 Å². The number of hydrogen-bond donors (Lipinski definition) is 1. The molecule has 1 aromatic rings. The van der Waals surface area contributed by atoms with Gasteiger partial charge in [-0.05, 0) is 44.1 Å². The van der Waals surface area contributed by atoms with Crippen molar-refractivity contribution >= 4 is 18.4 Å². The fourth-order valence-corrected chi connectivity index (χ4v) is 5.75. The molecule has 1 aromatic carbocycles. The molecule has 0 aromatic heterocycles. The Hall–Kier alpha value is -1.76. The van der Waals surface area contributed by atoms with Gasteiger partial charge in [-0.1, -0.05) is 6.07 Å². The van der Waals surface area contributed by atoms with E-state index in [9.17, 15) is 9.90 Å². The van der Waals surface area contributed by atoms with Crippen molar-refractivity contribution in [2.45, 2.75) is 49.3 Å². The number of carbonyl (C=O) groups excluding carboxylic acids is 1. The molecule has 1 N–H and O–H groups in total. The highest BCUT2D eigenvalue weighted by molar-refractivity contribution is 5.85. The van der Waals surface area contributed by atoms with Gasteiger partial charge in [0.2, 0.25) is 0 Å². The second-order valence-electron chi connectivity index (χ2n) is 7.88. The quantitative estimate of drug-likeness (QED) is 0.775. The average molecular weight is 394 g/mol. The van der Waals surface area contributed by atoms with Crippen molar-refractivity contribution in [3.05, 3.63) is 35.1 Å². The summed E-state index contributed by atoms with van der Waals surface area (Å²) in [4.78, 5) is 13.9. The van der Waals surface area contributed by atoms with Crippen LogP contribution in [0.1, 0.15) is 30.9 Å². The van der Waals surface area contributed by atoms with Crippen LogP contribution in [0.4, 0.5) is 0 Å². The second kappa shape index (κ2) is 5.87. The lowest BCUT2D eigenvalue weighted by atomic mass is 9.50. The standard InChI is InChI=1S/C20H23NO5.ClH/c1-11(22)25-14-6-7-20(23)15-10-12-4-5-13(24-3)17-16(12)19(20,18(14)26-17)8-9-21(15)2;/h4-6,15,18,23H,7-10H2,1-3H3;1H/t15-,18?,19+,20-;/m1./s1. The van der Waals surface area contributed by atoms with Crippen molar-refractivity contribution in [3.8, 4) is 11.5 Å². The summed E-state index contributed by atoms with van der Waals surface area (Å²) < 4.78 is 17.4. The van der Waals surface area contributed by atoms with Gasteiger partial charge in [0.1, 0.15) is 5.76 Å². The predicted octanol–water partition coefficient (Wildman–Crippen LogP) is 1.96. The second-order valence-corrected chi connectivity index (χ2v) is 7.88. The molecule has 0 saturated carbocycles. The Kier molecular flexibility index (Phi) is 4.04. The smallest absolute Gasteiger partial charge is 0.307 e. The topological polar surface area (TPSA) is 68.2 Å². The first-order chi connectivity index (χ1) is 12.4. The molecule has 4 atom stereocenters. The number of rotatable bonds is 2. The summed E-state index contributed by atoms with van der Waals surface area (Å²) in [6.45, 7) is 2.25. The number of benzene rings is 1. The molecule has 1 fully saturated rings. The van der Waals surface area contributed by atoms with Crippen molar-refractivity contribution in [2.24, 2.45) is 0 Å². The van der Waals surface area contributed by atoms with E-state index >= 15 is 0 Å². The van der Waals surface area contributed by atoms with E-state index in [2.05, 4.69) is 18.0 Å². The van der Waals surface area contributed by atoms with Gasteiger partial charge in [0.25, 0.3) is 0 Å². The summed E-state index contributed by atoms with van der Waals surface area (Å²) in [5, 5.41) is 12.0.